The summed E-state index contributed by atoms with van der Waals surface area (Å²) >= 11 is 1.39. The second-order valence-corrected chi connectivity index (χ2v) is 19.7. The van der Waals surface area contributed by atoms with Gasteiger partial charge < -0.3 is 5.11 Å². The molecule has 0 spiro atoms. The Balaban J connectivity index is 0.000000336. The van der Waals surface area contributed by atoms with E-state index in [1.165, 1.54) is 11.3 Å². The van der Waals surface area contributed by atoms with Crippen molar-refractivity contribution in [2.75, 3.05) is 0 Å². The molecule has 3 nitrogen and oxygen atoms in total. The van der Waals surface area contributed by atoms with Gasteiger partial charge in [-0.3, -0.25) is 9.98 Å². The molecule has 1 N–H and O–H groups in total. The number of hydrogen-bond acceptors (Lipinski definition) is 4. The van der Waals surface area contributed by atoms with Gasteiger partial charge in [0.1, 0.15) is 0 Å². The zero-order valence-electron chi connectivity index (χ0n) is 42.1. The van der Waals surface area contributed by atoms with Gasteiger partial charge in [0.05, 0.1) is 12.6 Å². The Morgan fingerprint density at radius 3 is 2.10 bits per heavy atom. The fourth-order valence-electron chi connectivity index (χ4n) is 8.36. The molecule has 0 fully saturated rings. The van der Waals surface area contributed by atoms with Gasteiger partial charge in [-0.2, -0.15) is 0 Å². The van der Waals surface area contributed by atoms with Crippen LogP contribution >= 0.6 is 11.3 Å². The first kappa shape index (κ1) is 38.8. The van der Waals surface area contributed by atoms with E-state index in [2.05, 4.69) is 108 Å². The van der Waals surface area contributed by atoms with Crippen molar-refractivity contribution >= 4 is 58.8 Å². The molecule has 1 aliphatic rings. The van der Waals surface area contributed by atoms with Gasteiger partial charge in [-0.25, -0.2) is 0 Å². The minimum absolute atomic E-state index is 0. The number of benzene rings is 4. The van der Waals surface area contributed by atoms with Gasteiger partial charge in [-0.15, -0.1) is 40.5 Å². The Bertz CT molecular complexity index is 2730. The molecule has 0 atom stereocenters. The van der Waals surface area contributed by atoms with E-state index in [0.29, 0.717) is 60.4 Å². The number of aliphatic imine (C=N–C) groups is 1. The second kappa shape index (κ2) is 18.1. The predicted molar refractivity (Wildman–Crippen MR) is 252 cm³/mol. The predicted octanol–water partition coefficient (Wildman–Crippen LogP) is 16.0. The number of aliphatic hydroxyl groups excluding tert-OH is 1. The molecule has 0 aliphatic heterocycles. The standard InChI is InChI=1S/C37H36NS.C16H31NO.Ir/c1-35(2,3)29-17-24(16-22-10-8-9-11-25(22)29)32-19-27-23(21-38-32)12-13-26-28-18-30-31(20-33(28)39-34(26)27)37(6,7)15-14-36(30,4)5;1-7-13(8-2)15(17-12(5)6)11-16(18)14(9-3)10-4;/h8-13,17-21H,14-15H2,1-7H3;11-14,18H,7-10H2,1-6H3;/q-1;;/b;16-11-,17-15?;/i12D,13D,18D,19D,20D;;. The summed E-state index contributed by atoms with van der Waals surface area (Å²) in [7, 11) is 0. The van der Waals surface area contributed by atoms with Gasteiger partial charge in [0.25, 0.3) is 0 Å². The van der Waals surface area contributed by atoms with Crippen molar-refractivity contribution in [2.45, 2.75) is 151 Å². The number of thiophene rings is 1. The third kappa shape index (κ3) is 9.33. The fourth-order valence-corrected chi connectivity index (χ4v) is 9.49. The van der Waals surface area contributed by atoms with E-state index >= 15 is 0 Å². The first-order chi connectivity index (χ1) is 29.0. The topological polar surface area (TPSA) is 45.5 Å². The smallest absolute Gasteiger partial charge is 0.0971 e. The third-order valence-electron chi connectivity index (χ3n) is 12.1. The van der Waals surface area contributed by atoms with Gasteiger partial charge in [-0.05, 0) is 103 Å². The van der Waals surface area contributed by atoms with Crippen LogP contribution in [-0.4, -0.2) is 21.8 Å². The van der Waals surface area contributed by atoms with Crippen molar-refractivity contribution in [1.29, 1.82) is 0 Å². The van der Waals surface area contributed by atoms with Crippen molar-refractivity contribution < 1.29 is 32.1 Å². The summed E-state index contributed by atoms with van der Waals surface area (Å²) < 4.78 is 48.0. The molecule has 1 radical (unpaired) electrons. The molecule has 0 unspecified atom stereocenters. The van der Waals surface area contributed by atoms with Crippen LogP contribution in [0.15, 0.2) is 83.6 Å². The van der Waals surface area contributed by atoms with E-state index in [0.717, 1.165) is 77.3 Å². The fraction of sp³-hybridized carbons (Fsp3) is 0.472. The summed E-state index contributed by atoms with van der Waals surface area (Å²) in [4.78, 5) is 9.40. The number of aliphatic hydroxyl groups is 1. The van der Waals surface area contributed by atoms with Gasteiger partial charge >= 0.3 is 0 Å². The van der Waals surface area contributed by atoms with Crippen LogP contribution in [0.25, 0.3) is 53.0 Å². The molecule has 2 aromatic heterocycles. The molecule has 5 heteroatoms. The SMILES string of the molecule is CCC(CC)C(/C=C(\O)C(CC)CC)=NC(C)C.[2H]c1c([2H])c2c(sc3c([2H])c4c(c([2H])c32)C(C)(C)CCC4(C)C)c2c([2H])c(-c3[c-]c4ccccc4c(C(C)(C)C)c3)ncc12.[Ir]. The van der Waals surface area contributed by atoms with Gasteiger partial charge in [-0.1, -0.05) is 123 Å². The van der Waals surface area contributed by atoms with E-state index < -0.39 is 0 Å². The number of fused-ring (bicyclic) bond motifs is 7. The molecule has 2 heterocycles. The first-order valence-electron chi connectivity index (χ1n) is 23.8. The van der Waals surface area contributed by atoms with Crippen LogP contribution in [0.3, 0.4) is 0 Å². The Kier molecular flexibility index (Phi) is 12.1. The van der Waals surface area contributed by atoms with Crippen molar-refractivity contribution in [1.82, 2.24) is 4.98 Å². The van der Waals surface area contributed by atoms with Gasteiger partial charge in [0, 0.05) is 81.1 Å². The van der Waals surface area contributed by atoms with E-state index in [9.17, 15) is 9.22 Å². The molecule has 311 valence electrons. The minimum Gasteiger partial charge on any atom is -0.512 e. The molecule has 6 aromatic rings. The Hall–Kier alpha value is -3.37. The normalized spacial score (nSPS) is 16.9. The maximum Gasteiger partial charge on any atom is 0.0971 e. The summed E-state index contributed by atoms with van der Waals surface area (Å²) in [6, 6.07) is 15.0. The van der Waals surface area contributed by atoms with E-state index in [1.54, 1.807) is 6.20 Å². The molecule has 0 bridgehead atoms. The molecular formula is C53H67IrN2OS-. The summed E-state index contributed by atoms with van der Waals surface area (Å²) in [6.45, 7) is 27.9. The van der Waals surface area contributed by atoms with Crippen molar-refractivity contribution in [3.05, 3.63) is 101 Å². The van der Waals surface area contributed by atoms with Crippen LogP contribution < -0.4 is 0 Å². The first-order valence-corrected chi connectivity index (χ1v) is 22.1. The van der Waals surface area contributed by atoms with Crippen molar-refractivity contribution in [3.8, 4) is 11.3 Å². The van der Waals surface area contributed by atoms with Gasteiger partial charge in [0.15, 0.2) is 0 Å². The molecule has 58 heavy (non-hydrogen) atoms. The Labute approximate surface area is 374 Å². The number of nitrogens with zero attached hydrogens (tertiary/aromatic N) is 2. The molecule has 4 aromatic carbocycles. The maximum absolute atomic E-state index is 10.2. The van der Waals surface area contributed by atoms with Crippen LogP contribution in [0.4, 0.5) is 0 Å². The van der Waals surface area contributed by atoms with Gasteiger partial charge in [0.2, 0.25) is 0 Å². The Morgan fingerprint density at radius 2 is 1.50 bits per heavy atom. The van der Waals surface area contributed by atoms with E-state index in [-0.39, 0.29) is 66.4 Å². The zero-order chi connectivity index (χ0) is 45.8. The van der Waals surface area contributed by atoms with Crippen molar-refractivity contribution in [3.63, 3.8) is 0 Å². The van der Waals surface area contributed by atoms with Crippen molar-refractivity contribution in [2.24, 2.45) is 16.8 Å². The number of hydrogen-bond donors (Lipinski definition) is 1. The summed E-state index contributed by atoms with van der Waals surface area (Å²) in [6.07, 6.45) is 9.51. The Morgan fingerprint density at radius 1 is 0.879 bits per heavy atom. The number of aromatic nitrogens is 1. The molecule has 0 saturated carbocycles. The summed E-state index contributed by atoms with van der Waals surface area (Å²) in [5.41, 5.74) is 4.55. The quantitative estimate of drug-likeness (QED) is 0.0891. The monoisotopic (exact) mass is 977 g/mol. The van der Waals surface area contributed by atoms with Crippen LogP contribution in [0.5, 0.6) is 0 Å². The average Bonchev–Trinajstić information content (AvgIpc) is 3.62. The zero-order valence-corrected chi connectivity index (χ0v) is 40.3. The van der Waals surface area contributed by atoms with Crippen LogP contribution in [0.1, 0.15) is 152 Å². The number of rotatable bonds is 9. The van der Waals surface area contributed by atoms with Crippen LogP contribution in [0.2, 0.25) is 0 Å². The minimum atomic E-state index is -0.280. The second-order valence-electron chi connectivity index (χ2n) is 18.7. The largest absolute Gasteiger partial charge is 0.512 e. The number of pyridine rings is 1. The summed E-state index contributed by atoms with van der Waals surface area (Å²) in [5.74, 6) is 1.24. The number of allylic oxidation sites excluding steroid dienone is 2. The average molecular weight is 977 g/mol. The summed E-state index contributed by atoms with van der Waals surface area (Å²) in [5, 5.41) is 14.4. The van der Waals surface area contributed by atoms with E-state index in [1.807, 2.05) is 24.3 Å². The molecule has 1 aliphatic carbocycles. The third-order valence-corrected chi connectivity index (χ3v) is 13.2. The molecule has 0 saturated heterocycles. The van der Waals surface area contributed by atoms with Crippen LogP contribution in [-0.2, 0) is 36.4 Å². The van der Waals surface area contributed by atoms with E-state index in [4.69, 9.17) is 12.7 Å². The molecule has 7 rings (SSSR count). The maximum atomic E-state index is 10.2. The van der Waals surface area contributed by atoms with Crippen LogP contribution in [0, 0.1) is 17.9 Å². The molecular weight excluding hydrogens is 905 g/mol. The molecule has 0 amide bonds.